The molecule has 6 heteroatoms. The number of carboxylic acids is 1. The molecule has 3 atom stereocenters. The maximum atomic E-state index is 12.5. The highest BCUT2D eigenvalue weighted by atomic mass is 16.5. The fourth-order valence-corrected chi connectivity index (χ4v) is 3.21. The molecule has 0 aromatic heterocycles. The summed E-state index contributed by atoms with van der Waals surface area (Å²) >= 11 is 0. The number of urea groups is 1. The minimum absolute atomic E-state index is 0.0710. The predicted octanol–water partition coefficient (Wildman–Crippen LogP) is 1.40. The van der Waals surface area contributed by atoms with E-state index in [0.29, 0.717) is 12.5 Å². The van der Waals surface area contributed by atoms with Crippen molar-refractivity contribution in [2.75, 3.05) is 26.7 Å². The zero-order valence-electron chi connectivity index (χ0n) is 12.2. The van der Waals surface area contributed by atoms with E-state index < -0.39 is 12.1 Å². The molecule has 2 fully saturated rings. The maximum absolute atomic E-state index is 12.5. The van der Waals surface area contributed by atoms with Crippen LogP contribution in [0.5, 0.6) is 0 Å². The minimum atomic E-state index is -1.00. The van der Waals surface area contributed by atoms with E-state index in [1.54, 1.807) is 9.80 Å². The Morgan fingerprint density at radius 1 is 1.30 bits per heavy atom. The van der Waals surface area contributed by atoms with Crippen LogP contribution in [0, 0.1) is 5.92 Å². The number of aliphatic carboxylic acids is 1. The quantitative estimate of drug-likeness (QED) is 0.832. The fourth-order valence-electron chi connectivity index (χ4n) is 3.21. The van der Waals surface area contributed by atoms with Gasteiger partial charge in [0.2, 0.25) is 0 Å². The van der Waals surface area contributed by atoms with Crippen LogP contribution in [-0.2, 0) is 9.53 Å². The third-order valence-electron chi connectivity index (χ3n) is 4.48. The Morgan fingerprint density at radius 2 is 2.00 bits per heavy atom. The van der Waals surface area contributed by atoms with Crippen molar-refractivity contribution >= 4 is 12.0 Å². The monoisotopic (exact) mass is 284 g/mol. The van der Waals surface area contributed by atoms with Crippen LogP contribution in [0.2, 0.25) is 0 Å². The van der Waals surface area contributed by atoms with Gasteiger partial charge in [0, 0.05) is 19.6 Å². The zero-order chi connectivity index (χ0) is 14.7. The Kier molecular flexibility index (Phi) is 4.86. The van der Waals surface area contributed by atoms with Crippen molar-refractivity contribution in [1.82, 2.24) is 9.80 Å². The number of ether oxygens (including phenoxy) is 1. The molecular formula is C14H24N2O4. The zero-order valence-corrected chi connectivity index (χ0v) is 12.2. The molecule has 6 nitrogen and oxygen atoms in total. The molecule has 1 aliphatic carbocycles. The van der Waals surface area contributed by atoms with Crippen LogP contribution < -0.4 is 0 Å². The van der Waals surface area contributed by atoms with E-state index >= 15 is 0 Å². The van der Waals surface area contributed by atoms with E-state index in [-0.39, 0.29) is 25.2 Å². The molecule has 1 saturated carbocycles. The smallest absolute Gasteiger partial charge is 0.334 e. The highest BCUT2D eigenvalue weighted by Gasteiger charge is 2.34. The van der Waals surface area contributed by atoms with Gasteiger partial charge in [0.25, 0.3) is 0 Å². The largest absolute Gasteiger partial charge is 0.479 e. The summed E-state index contributed by atoms with van der Waals surface area (Å²) < 4.78 is 5.15. The summed E-state index contributed by atoms with van der Waals surface area (Å²) in [6.45, 7) is 3.08. The average Bonchev–Trinajstić information content (AvgIpc) is 2.46. The van der Waals surface area contributed by atoms with Crippen molar-refractivity contribution in [2.45, 2.75) is 44.8 Å². The van der Waals surface area contributed by atoms with E-state index in [2.05, 4.69) is 6.92 Å². The number of morpholine rings is 1. The Bertz CT molecular complexity index is 374. The van der Waals surface area contributed by atoms with Gasteiger partial charge < -0.3 is 19.6 Å². The topological polar surface area (TPSA) is 70.1 Å². The molecule has 3 unspecified atom stereocenters. The number of carboxylic acid groups (broad SMARTS) is 1. The first-order valence-electron chi connectivity index (χ1n) is 7.37. The SMILES string of the molecule is CC1CCCCC1N(C)C(=O)N1CCOC(C(=O)O)C1. The van der Waals surface area contributed by atoms with Crippen LogP contribution in [-0.4, -0.2) is 65.8 Å². The fraction of sp³-hybridized carbons (Fsp3) is 0.857. The molecule has 2 aliphatic rings. The number of carbonyl (C=O) groups is 2. The molecular weight excluding hydrogens is 260 g/mol. The van der Waals surface area contributed by atoms with Crippen molar-refractivity contribution in [1.29, 1.82) is 0 Å². The van der Waals surface area contributed by atoms with Gasteiger partial charge in [-0.05, 0) is 18.8 Å². The van der Waals surface area contributed by atoms with Crippen molar-refractivity contribution < 1.29 is 19.4 Å². The first kappa shape index (κ1) is 15.1. The summed E-state index contributed by atoms with van der Waals surface area (Å²) in [5.74, 6) is -0.495. The van der Waals surface area contributed by atoms with Crippen LogP contribution >= 0.6 is 0 Å². The summed E-state index contributed by atoms with van der Waals surface area (Å²) in [4.78, 5) is 26.9. The highest BCUT2D eigenvalue weighted by molar-refractivity contribution is 5.77. The van der Waals surface area contributed by atoms with Gasteiger partial charge in [-0.25, -0.2) is 9.59 Å². The van der Waals surface area contributed by atoms with Crippen molar-refractivity contribution in [3.8, 4) is 0 Å². The Balaban J connectivity index is 1.97. The Morgan fingerprint density at radius 3 is 2.65 bits per heavy atom. The van der Waals surface area contributed by atoms with Gasteiger partial charge in [-0.1, -0.05) is 19.8 Å². The molecule has 20 heavy (non-hydrogen) atoms. The summed E-state index contributed by atoms with van der Waals surface area (Å²) in [6.07, 6.45) is 3.69. The Labute approximate surface area is 119 Å². The van der Waals surface area contributed by atoms with Gasteiger partial charge in [0.05, 0.1) is 13.2 Å². The molecule has 0 radical (unpaired) electrons. The first-order chi connectivity index (χ1) is 9.50. The second-order valence-corrected chi connectivity index (χ2v) is 5.87. The first-order valence-corrected chi connectivity index (χ1v) is 7.37. The maximum Gasteiger partial charge on any atom is 0.334 e. The number of hydrogen-bond donors (Lipinski definition) is 1. The average molecular weight is 284 g/mol. The van der Waals surface area contributed by atoms with Crippen LogP contribution in [0.4, 0.5) is 4.79 Å². The van der Waals surface area contributed by atoms with E-state index in [4.69, 9.17) is 9.84 Å². The third kappa shape index (κ3) is 3.23. The summed E-state index contributed by atoms with van der Waals surface area (Å²) in [5, 5.41) is 8.99. The highest BCUT2D eigenvalue weighted by Crippen LogP contribution is 2.28. The molecule has 1 aliphatic heterocycles. The van der Waals surface area contributed by atoms with E-state index in [0.717, 1.165) is 19.3 Å². The number of hydrogen-bond acceptors (Lipinski definition) is 3. The molecule has 2 amide bonds. The molecule has 0 aromatic rings. The molecule has 1 saturated heterocycles. The second kappa shape index (κ2) is 6.43. The molecule has 0 aromatic carbocycles. The van der Waals surface area contributed by atoms with Gasteiger partial charge in [0.1, 0.15) is 0 Å². The summed E-state index contributed by atoms with van der Waals surface area (Å²) in [6, 6.07) is 0.195. The van der Waals surface area contributed by atoms with Gasteiger partial charge >= 0.3 is 12.0 Å². The standard InChI is InChI=1S/C14H24N2O4/c1-10-5-3-4-6-11(10)15(2)14(19)16-7-8-20-12(9-16)13(17)18/h10-12H,3-9H2,1-2H3,(H,17,18). The lowest BCUT2D eigenvalue weighted by Gasteiger charge is -2.40. The second-order valence-electron chi connectivity index (χ2n) is 5.87. The number of amides is 2. The molecule has 1 N–H and O–H groups in total. The third-order valence-corrected chi connectivity index (χ3v) is 4.48. The number of carbonyl (C=O) groups excluding carboxylic acids is 1. The van der Waals surface area contributed by atoms with Crippen LogP contribution in [0.1, 0.15) is 32.6 Å². The van der Waals surface area contributed by atoms with Gasteiger partial charge in [-0.2, -0.15) is 0 Å². The van der Waals surface area contributed by atoms with Crippen LogP contribution in [0.3, 0.4) is 0 Å². The number of nitrogens with zero attached hydrogens (tertiary/aromatic N) is 2. The van der Waals surface area contributed by atoms with E-state index in [1.807, 2.05) is 7.05 Å². The van der Waals surface area contributed by atoms with Crippen LogP contribution in [0.15, 0.2) is 0 Å². The lowest BCUT2D eigenvalue weighted by molar-refractivity contribution is -0.154. The molecule has 0 bridgehead atoms. The molecule has 0 spiro atoms. The van der Waals surface area contributed by atoms with E-state index in [9.17, 15) is 9.59 Å². The molecule has 1 heterocycles. The van der Waals surface area contributed by atoms with Crippen molar-refractivity contribution in [3.63, 3.8) is 0 Å². The molecule has 114 valence electrons. The van der Waals surface area contributed by atoms with E-state index in [1.165, 1.54) is 6.42 Å². The number of rotatable bonds is 2. The normalized spacial score (nSPS) is 30.9. The minimum Gasteiger partial charge on any atom is -0.479 e. The Hall–Kier alpha value is -1.30. The summed E-state index contributed by atoms with van der Waals surface area (Å²) in [7, 11) is 1.83. The van der Waals surface area contributed by atoms with Gasteiger partial charge in [0.15, 0.2) is 6.10 Å². The van der Waals surface area contributed by atoms with Crippen molar-refractivity contribution in [3.05, 3.63) is 0 Å². The van der Waals surface area contributed by atoms with Gasteiger partial charge in [-0.3, -0.25) is 0 Å². The lowest BCUT2D eigenvalue weighted by Crippen LogP contribution is -2.55. The van der Waals surface area contributed by atoms with Crippen LogP contribution in [0.25, 0.3) is 0 Å². The van der Waals surface area contributed by atoms with Gasteiger partial charge in [-0.15, -0.1) is 0 Å². The van der Waals surface area contributed by atoms with Crippen molar-refractivity contribution in [2.24, 2.45) is 5.92 Å². The lowest BCUT2D eigenvalue weighted by atomic mass is 9.85. The summed E-state index contributed by atoms with van der Waals surface area (Å²) in [5.41, 5.74) is 0. The predicted molar refractivity (Wildman–Crippen MR) is 73.5 cm³/mol. The molecule has 2 rings (SSSR count).